The lowest BCUT2D eigenvalue weighted by Crippen LogP contribution is -2.35. The normalized spacial score (nSPS) is 12.3. The molecule has 0 spiro atoms. The third-order valence-corrected chi connectivity index (χ3v) is 3.32. The van der Waals surface area contributed by atoms with Crippen LogP contribution in [0.3, 0.4) is 0 Å². The Kier molecular flexibility index (Phi) is 4.64. The van der Waals surface area contributed by atoms with Crippen LogP contribution in [-0.4, -0.2) is 33.8 Å². The van der Waals surface area contributed by atoms with E-state index in [1.165, 1.54) is 11.3 Å². The van der Waals surface area contributed by atoms with Crippen molar-refractivity contribution in [3.05, 3.63) is 23.4 Å². The first-order chi connectivity index (χ1) is 9.19. The summed E-state index contributed by atoms with van der Waals surface area (Å²) in [4.78, 5) is 16.7. The Hall–Kier alpha value is -1.73. The fourth-order valence-corrected chi connectivity index (χ4v) is 2.12. The molecule has 2 rings (SSSR count). The highest BCUT2D eigenvalue weighted by molar-refractivity contribution is 7.13. The van der Waals surface area contributed by atoms with Gasteiger partial charge in [0.2, 0.25) is 17.6 Å². The molecule has 19 heavy (non-hydrogen) atoms. The van der Waals surface area contributed by atoms with Crippen molar-refractivity contribution in [1.82, 2.24) is 15.5 Å². The average molecular weight is 281 g/mol. The van der Waals surface area contributed by atoms with E-state index in [-0.39, 0.29) is 25.0 Å². The van der Waals surface area contributed by atoms with Crippen LogP contribution in [0.2, 0.25) is 0 Å². The van der Waals surface area contributed by atoms with Gasteiger partial charge in [-0.1, -0.05) is 11.2 Å². The van der Waals surface area contributed by atoms with Gasteiger partial charge < -0.3 is 14.9 Å². The van der Waals surface area contributed by atoms with Crippen LogP contribution in [0.1, 0.15) is 19.2 Å². The fourth-order valence-electron chi connectivity index (χ4n) is 1.48. The summed E-state index contributed by atoms with van der Waals surface area (Å²) < 4.78 is 5.09. The second-order valence-electron chi connectivity index (χ2n) is 4.14. The monoisotopic (exact) mass is 281 g/mol. The smallest absolute Gasteiger partial charge is 0.227 e. The fraction of sp³-hybridized carbons (Fsp3) is 0.417. The van der Waals surface area contributed by atoms with Gasteiger partial charge in [0.1, 0.15) is 0 Å². The maximum atomic E-state index is 11.5. The number of thiophene rings is 1. The summed E-state index contributed by atoms with van der Waals surface area (Å²) in [7, 11) is 0. The lowest BCUT2D eigenvalue weighted by molar-refractivity contribution is -0.122. The van der Waals surface area contributed by atoms with Gasteiger partial charge in [-0.15, -0.1) is 11.3 Å². The average Bonchev–Trinajstić information content (AvgIpc) is 3.06. The highest BCUT2D eigenvalue weighted by atomic mass is 32.1. The van der Waals surface area contributed by atoms with E-state index in [0.29, 0.717) is 18.1 Å². The summed E-state index contributed by atoms with van der Waals surface area (Å²) in [5.74, 6) is 0.849. The summed E-state index contributed by atoms with van der Waals surface area (Å²) >= 11 is 1.53. The van der Waals surface area contributed by atoms with Crippen LogP contribution in [0.15, 0.2) is 22.0 Å². The Bertz CT molecular complexity index is 524. The molecular formula is C12H15N3O3S. The predicted molar refractivity (Wildman–Crippen MR) is 70.6 cm³/mol. The van der Waals surface area contributed by atoms with E-state index in [1.807, 2.05) is 17.5 Å². The van der Waals surface area contributed by atoms with Crippen molar-refractivity contribution in [2.75, 3.05) is 6.61 Å². The van der Waals surface area contributed by atoms with Gasteiger partial charge in [0.05, 0.1) is 11.5 Å². The van der Waals surface area contributed by atoms with E-state index in [4.69, 9.17) is 9.63 Å². The largest absolute Gasteiger partial charge is 0.394 e. The van der Waals surface area contributed by atoms with Crippen LogP contribution < -0.4 is 5.32 Å². The molecule has 0 aromatic carbocycles. The van der Waals surface area contributed by atoms with E-state index < -0.39 is 0 Å². The Morgan fingerprint density at radius 1 is 1.63 bits per heavy atom. The third-order valence-electron chi connectivity index (χ3n) is 2.46. The van der Waals surface area contributed by atoms with Crippen molar-refractivity contribution < 1.29 is 14.4 Å². The number of rotatable bonds is 6. The van der Waals surface area contributed by atoms with Crippen molar-refractivity contribution in [3.63, 3.8) is 0 Å². The molecule has 2 aromatic heterocycles. The molecule has 0 radical (unpaired) electrons. The number of aliphatic hydroxyl groups excluding tert-OH is 1. The molecule has 2 heterocycles. The molecule has 1 amide bonds. The van der Waals surface area contributed by atoms with Gasteiger partial charge in [0.15, 0.2) is 0 Å². The lowest BCUT2D eigenvalue weighted by atomic mass is 10.2. The minimum absolute atomic E-state index is 0.0746. The van der Waals surface area contributed by atoms with Crippen LogP contribution >= 0.6 is 11.3 Å². The zero-order valence-electron chi connectivity index (χ0n) is 10.5. The number of aryl methyl sites for hydroxylation is 1. The Morgan fingerprint density at radius 2 is 2.47 bits per heavy atom. The number of nitrogens with one attached hydrogen (secondary N) is 1. The number of aliphatic hydroxyl groups is 1. The Morgan fingerprint density at radius 3 is 3.16 bits per heavy atom. The van der Waals surface area contributed by atoms with Crippen LogP contribution in [0.4, 0.5) is 0 Å². The quantitative estimate of drug-likeness (QED) is 0.831. The molecule has 0 aliphatic carbocycles. The minimum Gasteiger partial charge on any atom is -0.394 e. The van der Waals surface area contributed by atoms with E-state index >= 15 is 0 Å². The van der Waals surface area contributed by atoms with Gasteiger partial charge in [-0.25, -0.2) is 0 Å². The van der Waals surface area contributed by atoms with Crippen molar-refractivity contribution in [2.45, 2.75) is 25.8 Å². The van der Waals surface area contributed by atoms with Crippen molar-refractivity contribution >= 4 is 17.2 Å². The summed E-state index contributed by atoms with van der Waals surface area (Å²) in [5, 5.41) is 17.3. The molecule has 102 valence electrons. The van der Waals surface area contributed by atoms with Crippen LogP contribution in [0.25, 0.3) is 10.7 Å². The van der Waals surface area contributed by atoms with Crippen molar-refractivity contribution in [3.8, 4) is 10.7 Å². The number of carbonyl (C=O) groups is 1. The van der Waals surface area contributed by atoms with E-state index in [9.17, 15) is 4.79 Å². The van der Waals surface area contributed by atoms with Crippen molar-refractivity contribution in [2.24, 2.45) is 0 Å². The summed E-state index contributed by atoms with van der Waals surface area (Å²) in [5.41, 5.74) is 0. The first kappa shape index (κ1) is 13.7. The molecule has 0 saturated heterocycles. The highest BCUT2D eigenvalue weighted by Gasteiger charge is 2.12. The maximum Gasteiger partial charge on any atom is 0.227 e. The van der Waals surface area contributed by atoms with E-state index in [2.05, 4.69) is 15.5 Å². The van der Waals surface area contributed by atoms with Crippen LogP contribution in [0, 0.1) is 0 Å². The van der Waals surface area contributed by atoms with E-state index in [1.54, 1.807) is 6.92 Å². The second-order valence-corrected chi connectivity index (χ2v) is 5.09. The SMILES string of the molecule is CC(CO)NC(=O)CCc1nc(-c2cccs2)no1. The molecule has 2 N–H and O–H groups in total. The number of amides is 1. The number of hydrogen-bond donors (Lipinski definition) is 2. The molecule has 0 bridgehead atoms. The topological polar surface area (TPSA) is 88.2 Å². The predicted octanol–water partition coefficient (Wildman–Crippen LogP) is 1.23. The summed E-state index contributed by atoms with van der Waals surface area (Å²) in [6.45, 7) is 1.66. The van der Waals surface area contributed by atoms with Crippen molar-refractivity contribution in [1.29, 1.82) is 0 Å². The first-order valence-electron chi connectivity index (χ1n) is 5.95. The number of nitrogens with zero attached hydrogens (tertiary/aromatic N) is 2. The first-order valence-corrected chi connectivity index (χ1v) is 6.83. The van der Waals surface area contributed by atoms with Gasteiger partial charge in [-0.2, -0.15) is 4.98 Å². The molecular weight excluding hydrogens is 266 g/mol. The van der Waals surface area contributed by atoms with Gasteiger partial charge in [0, 0.05) is 18.9 Å². The molecule has 0 aliphatic rings. The molecule has 0 aliphatic heterocycles. The molecule has 2 aromatic rings. The lowest BCUT2D eigenvalue weighted by Gasteiger charge is -2.09. The summed E-state index contributed by atoms with van der Waals surface area (Å²) in [6.07, 6.45) is 0.652. The number of hydrogen-bond acceptors (Lipinski definition) is 6. The highest BCUT2D eigenvalue weighted by Crippen LogP contribution is 2.21. The molecule has 6 nitrogen and oxygen atoms in total. The van der Waals surface area contributed by atoms with Crippen LogP contribution in [0.5, 0.6) is 0 Å². The zero-order chi connectivity index (χ0) is 13.7. The van der Waals surface area contributed by atoms with Gasteiger partial charge in [-0.3, -0.25) is 4.79 Å². The second kappa shape index (κ2) is 6.44. The van der Waals surface area contributed by atoms with E-state index in [0.717, 1.165) is 4.88 Å². The molecule has 0 saturated carbocycles. The maximum absolute atomic E-state index is 11.5. The number of carbonyl (C=O) groups excluding carboxylic acids is 1. The van der Waals surface area contributed by atoms with Crippen LogP contribution in [-0.2, 0) is 11.2 Å². The number of aromatic nitrogens is 2. The minimum atomic E-state index is -0.239. The van der Waals surface area contributed by atoms with Gasteiger partial charge >= 0.3 is 0 Å². The van der Waals surface area contributed by atoms with Gasteiger partial charge in [0.25, 0.3) is 0 Å². The third kappa shape index (κ3) is 3.87. The van der Waals surface area contributed by atoms with Gasteiger partial charge in [-0.05, 0) is 18.4 Å². The zero-order valence-corrected chi connectivity index (χ0v) is 11.3. The Balaban J connectivity index is 1.85. The molecule has 1 unspecified atom stereocenters. The molecule has 1 atom stereocenters. The standard InChI is InChI=1S/C12H15N3O3S/c1-8(7-16)13-10(17)4-5-11-14-12(15-18-11)9-3-2-6-19-9/h2-3,6,8,16H,4-5,7H2,1H3,(H,13,17). The molecule has 0 fully saturated rings. The Labute approximate surface area is 114 Å². The molecule has 7 heteroatoms. The summed E-state index contributed by atoms with van der Waals surface area (Å²) in [6, 6.07) is 3.59.